The third-order valence-corrected chi connectivity index (χ3v) is 5.35. The number of ether oxygens (including phenoxy) is 1. The van der Waals surface area contributed by atoms with E-state index in [1.54, 1.807) is 12.1 Å². The lowest BCUT2D eigenvalue weighted by atomic mass is 10.0. The maximum atomic E-state index is 12.4. The van der Waals surface area contributed by atoms with Crippen LogP contribution in [0.3, 0.4) is 0 Å². The first-order valence-corrected chi connectivity index (χ1v) is 8.12. The Hall–Kier alpha value is -1.30. The molecule has 1 saturated heterocycles. The number of carbonyl (C=O) groups is 1. The van der Waals surface area contributed by atoms with Gasteiger partial charge in [-0.2, -0.15) is 0 Å². The van der Waals surface area contributed by atoms with Gasteiger partial charge in [-0.3, -0.25) is 4.79 Å². The molecule has 21 heavy (non-hydrogen) atoms. The van der Waals surface area contributed by atoms with Gasteiger partial charge in [0.2, 0.25) is 0 Å². The van der Waals surface area contributed by atoms with Crippen LogP contribution in [-0.4, -0.2) is 25.2 Å². The predicted molar refractivity (Wildman–Crippen MR) is 87.1 cm³/mol. The van der Waals surface area contributed by atoms with Gasteiger partial charge in [0.1, 0.15) is 4.88 Å². The van der Waals surface area contributed by atoms with Crippen LogP contribution < -0.4 is 11.1 Å². The van der Waals surface area contributed by atoms with E-state index in [1.807, 2.05) is 13.0 Å². The van der Waals surface area contributed by atoms with Crippen LogP contribution >= 0.6 is 22.9 Å². The van der Waals surface area contributed by atoms with E-state index in [0.717, 1.165) is 23.1 Å². The zero-order valence-electron chi connectivity index (χ0n) is 11.7. The molecule has 112 valence electrons. The van der Waals surface area contributed by atoms with Gasteiger partial charge < -0.3 is 15.8 Å². The van der Waals surface area contributed by atoms with Crippen LogP contribution in [0, 0.1) is 5.92 Å². The number of benzene rings is 1. The van der Waals surface area contributed by atoms with Crippen molar-refractivity contribution in [1.29, 1.82) is 0 Å². The van der Waals surface area contributed by atoms with Crippen LogP contribution in [0.2, 0.25) is 5.02 Å². The highest BCUT2D eigenvalue weighted by Gasteiger charge is 2.25. The molecule has 2 atom stereocenters. The number of nitrogens with two attached hydrogens (primary N) is 1. The Labute approximate surface area is 132 Å². The molecule has 2 heterocycles. The summed E-state index contributed by atoms with van der Waals surface area (Å²) in [6.07, 6.45) is 0.985. The molecular formula is C15H17ClN2O2S. The summed E-state index contributed by atoms with van der Waals surface area (Å²) in [5.74, 6) is 0.253. The minimum absolute atomic E-state index is 0.0770. The molecule has 4 nitrogen and oxygen atoms in total. The number of hydrogen-bond acceptors (Lipinski definition) is 4. The molecule has 3 N–H and O–H groups in total. The summed E-state index contributed by atoms with van der Waals surface area (Å²) in [4.78, 5) is 13.0. The molecule has 3 rings (SSSR count). The molecule has 1 aromatic carbocycles. The molecule has 1 amide bonds. The second-order valence-electron chi connectivity index (χ2n) is 5.37. The maximum Gasteiger partial charge on any atom is 0.263 e. The first-order valence-electron chi connectivity index (χ1n) is 6.92. The largest absolute Gasteiger partial charge is 0.397 e. The lowest BCUT2D eigenvalue weighted by molar-refractivity contribution is 0.0927. The third-order valence-electron chi connectivity index (χ3n) is 3.93. The van der Waals surface area contributed by atoms with Gasteiger partial charge in [0, 0.05) is 33.7 Å². The highest BCUT2D eigenvalue weighted by atomic mass is 35.5. The Morgan fingerprint density at radius 1 is 1.57 bits per heavy atom. The van der Waals surface area contributed by atoms with Crippen LogP contribution in [0.5, 0.6) is 0 Å². The van der Waals surface area contributed by atoms with E-state index >= 15 is 0 Å². The molecule has 2 unspecified atom stereocenters. The Balaban J connectivity index is 1.82. The van der Waals surface area contributed by atoms with Crippen LogP contribution in [0.1, 0.15) is 23.0 Å². The maximum absolute atomic E-state index is 12.4. The average Bonchev–Trinajstić information content (AvgIpc) is 3.08. The number of amides is 1. The van der Waals surface area contributed by atoms with Gasteiger partial charge in [-0.15, -0.1) is 11.3 Å². The Morgan fingerprint density at radius 3 is 3.10 bits per heavy atom. The van der Waals surface area contributed by atoms with Crippen LogP contribution in [0.15, 0.2) is 18.2 Å². The van der Waals surface area contributed by atoms with E-state index in [9.17, 15) is 4.79 Å². The lowest BCUT2D eigenvalue weighted by Crippen LogP contribution is -2.38. The minimum atomic E-state index is -0.121. The molecular weight excluding hydrogens is 308 g/mol. The summed E-state index contributed by atoms with van der Waals surface area (Å²) in [7, 11) is 0. The van der Waals surface area contributed by atoms with Gasteiger partial charge in [-0.1, -0.05) is 11.6 Å². The van der Waals surface area contributed by atoms with Crippen molar-refractivity contribution in [2.45, 2.75) is 19.4 Å². The zero-order valence-corrected chi connectivity index (χ0v) is 13.3. The summed E-state index contributed by atoms with van der Waals surface area (Å²) in [6, 6.07) is 5.57. The van der Waals surface area contributed by atoms with Crippen molar-refractivity contribution in [3.63, 3.8) is 0 Å². The second-order valence-corrected chi connectivity index (χ2v) is 6.86. The lowest BCUT2D eigenvalue weighted by Gasteiger charge is -2.18. The van der Waals surface area contributed by atoms with Gasteiger partial charge in [0.05, 0.1) is 12.3 Å². The van der Waals surface area contributed by atoms with E-state index in [-0.39, 0.29) is 11.9 Å². The quantitative estimate of drug-likeness (QED) is 0.910. The van der Waals surface area contributed by atoms with Crippen molar-refractivity contribution in [3.05, 3.63) is 28.1 Å². The Bertz CT molecular complexity index is 680. The fourth-order valence-electron chi connectivity index (χ4n) is 2.59. The number of halogens is 1. The van der Waals surface area contributed by atoms with Gasteiger partial charge in [0.25, 0.3) is 5.91 Å². The van der Waals surface area contributed by atoms with E-state index < -0.39 is 0 Å². The second kappa shape index (κ2) is 5.83. The summed E-state index contributed by atoms with van der Waals surface area (Å²) in [5, 5.41) is 4.50. The monoisotopic (exact) mass is 324 g/mol. The predicted octanol–water partition coefficient (Wildman–Crippen LogP) is 3.29. The summed E-state index contributed by atoms with van der Waals surface area (Å²) < 4.78 is 6.33. The van der Waals surface area contributed by atoms with Gasteiger partial charge in [0.15, 0.2) is 0 Å². The fourth-order valence-corrected chi connectivity index (χ4v) is 3.77. The van der Waals surface area contributed by atoms with E-state index in [2.05, 4.69) is 5.32 Å². The molecule has 0 saturated carbocycles. The molecule has 0 aliphatic carbocycles. The number of thiophene rings is 1. The van der Waals surface area contributed by atoms with Crippen molar-refractivity contribution >= 4 is 44.6 Å². The van der Waals surface area contributed by atoms with E-state index in [4.69, 9.17) is 22.1 Å². The summed E-state index contributed by atoms with van der Waals surface area (Å²) in [6.45, 7) is 3.49. The van der Waals surface area contributed by atoms with Gasteiger partial charge in [-0.05, 0) is 31.5 Å². The summed E-state index contributed by atoms with van der Waals surface area (Å²) in [5.41, 5.74) is 6.61. The van der Waals surface area contributed by atoms with Gasteiger partial charge in [-0.25, -0.2) is 0 Å². The van der Waals surface area contributed by atoms with E-state index in [0.29, 0.717) is 28.1 Å². The van der Waals surface area contributed by atoms with Crippen molar-refractivity contribution in [3.8, 4) is 0 Å². The number of anilines is 1. The average molecular weight is 325 g/mol. The molecule has 0 radical (unpaired) electrons. The van der Waals surface area contributed by atoms with Crippen LogP contribution in [-0.2, 0) is 4.74 Å². The molecule has 1 aliphatic heterocycles. The van der Waals surface area contributed by atoms with Crippen molar-refractivity contribution < 1.29 is 9.53 Å². The summed E-state index contributed by atoms with van der Waals surface area (Å²) >= 11 is 7.38. The highest BCUT2D eigenvalue weighted by Crippen LogP contribution is 2.35. The topological polar surface area (TPSA) is 64.4 Å². The Kier molecular flexibility index (Phi) is 4.06. The molecule has 1 aliphatic rings. The number of carbonyl (C=O) groups excluding carboxylic acids is 1. The normalized spacial score (nSPS) is 19.8. The Morgan fingerprint density at radius 2 is 2.38 bits per heavy atom. The van der Waals surface area contributed by atoms with Crippen LogP contribution in [0.4, 0.5) is 5.69 Å². The van der Waals surface area contributed by atoms with Crippen LogP contribution in [0.25, 0.3) is 10.1 Å². The highest BCUT2D eigenvalue weighted by molar-refractivity contribution is 7.21. The van der Waals surface area contributed by atoms with Crippen molar-refractivity contribution in [2.24, 2.45) is 5.92 Å². The molecule has 1 fully saturated rings. The zero-order chi connectivity index (χ0) is 15.0. The van der Waals surface area contributed by atoms with Crippen molar-refractivity contribution in [1.82, 2.24) is 5.32 Å². The van der Waals surface area contributed by atoms with Crippen molar-refractivity contribution in [2.75, 3.05) is 18.9 Å². The van der Waals surface area contributed by atoms with E-state index in [1.165, 1.54) is 11.3 Å². The molecule has 2 aromatic rings. The number of nitrogens with one attached hydrogen (secondary N) is 1. The molecule has 0 spiro atoms. The number of hydrogen-bond donors (Lipinski definition) is 2. The molecule has 6 heteroatoms. The third kappa shape index (κ3) is 2.86. The SMILES string of the molecule is CC(NC(=O)c1sc2ccc(Cl)cc2c1N)C1CCOC1. The number of nitrogen functional groups attached to an aromatic ring is 1. The molecule has 0 bridgehead atoms. The number of fused-ring (bicyclic) bond motifs is 1. The first-order chi connectivity index (χ1) is 10.1. The standard InChI is InChI=1S/C15H17ClN2O2S/c1-8(9-4-5-20-7-9)18-15(19)14-13(17)11-6-10(16)2-3-12(11)21-14/h2-3,6,8-9H,4-5,7,17H2,1H3,(H,18,19). The number of rotatable bonds is 3. The first kappa shape index (κ1) is 14.6. The smallest absolute Gasteiger partial charge is 0.263 e. The molecule has 1 aromatic heterocycles. The minimum Gasteiger partial charge on any atom is -0.397 e. The fraction of sp³-hybridized carbons (Fsp3) is 0.400. The van der Waals surface area contributed by atoms with Gasteiger partial charge >= 0.3 is 0 Å².